The molecule has 1 amide bonds. The normalized spacial score (nSPS) is 16.4. The molecule has 1 fully saturated rings. The molecule has 6 nitrogen and oxygen atoms in total. The van der Waals surface area contributed by atoms with Crippen molar-refractivity contribution in [2.24, 2.45) is 0 Å². The van der Waals surface area contributed by atoms with Crippen molar-refractivity contribution in [2.75, 3.05) is 13.2 Å². The SMILES string of the molecule is O=C(c1ccn(-c2ccccc2)n1)N(Cc1cccnc1)CC1CCCO1. The van der Waals surface area contributed by atoms with Crippen molar-refractivity contribution in [1.82, 2.24) is 19.7 Å². The minimum absolute atomic E-state index is 0.0850. The Morgan fingerprint density at radius 3 is 2.81 bits per heavy atom. The molecule has 0 N–H and O–H groups in total. The zero-order valence-corrected chi connectivity index (χ0v) is 15.1. The van der Waals surface area contributed by atoms with Crippen molar-refractivity contribution in [3.05, 3.63) is 78.4 Å². The molecule has 138 valence electrons. The van der Waals surface area contributed by atoms with Crippen molar-refractivity contribution < 1.29 is 9.53 Å². The van der Waals surface area contributed by atoms with E-state index >= 15 is 0 Å². The van der Waals surface area contributed by atoms with E-state index in [-0.39, 0.29) is 12.0 Å². The van der Waals surface area contributed by atoms with E-state index in [2.05, 4.69) is 10.1 Å². The van der Waals surface area contributed by atoms with Gasteiger partial charge in [0, 0.05) is 38.3 Å². The lowest BCUT2D eigenvalue weighted by atomic mass is 10.2. The third-order valence-electron chi connectivity index (χ3n) is 4.66. The van der Waals surface area contributed by atoms with Crippen LogP contribution in [0.15, 0.2) is 67.1 Å². The average molecular weight is 362 g/mol. The second-order valence-electron chi connectivity index (χ2n) is 6.66. The molecular formula is C21H22N4O2. The third-order valence-corrected chi connectivity index (χ3v) is 4.66. The van der Waals surface area contributed by atoms with Gasteiger partial charge in [-0.1, -0.05) is 24.3 Å². The standard InChI is InChI=1S/C21H22N4O2/c26-21(20-10-12-25(23-20)18-7-2-1-3-8-18)24(16-19-9-5-13-27-19)15-17-6-4-11-22-14-17/h1-4,6-8,10-12,14,19H,5,9,13,15-16H2. The zero-order valence-electron chi connectivity index (χ0n) is 15.1. The molecule has 0 bridgehead atoms. The number of carbonyl (C=O) groups excluding carboxylic acids is 1. The molecule has 1 aliphatic heterocycles. The molecule has 27 heavy (non-hydrogen) atoms. The molecule has 0 saturated carbocycles. The van der Waals surface area contributed by atoms with Gasteiger partial charge in [0.25, 0.3) is 5.91 Å². The fourth-order valence-electron chi connectivity index (χ4n) is 3.29. The Kier molecular flexibility index (Phi) is 5.25. The van der Waals surface area contributed by atoms with Crippen LogP contribution in [0.3, 0.4) is 0 Å². The van der Waals surface area contributed by atoms with Crippen LogP contribution in [-0.4, -0.2) is 44.8 Å². The van der Waals surface area contributed by atoms with Crippen LogP contribution in [0, 0.1) is 0 Å². The number of hydrogen-bond acceptors (Lipinski definition) is 4. The van der Waals surface area contributed by atoms with Gasteiger partial charge in [-0.25, -0.2) is 4.68 Å². The molecule has 3 aromatic rings. The number of amides is 1. The van der Waals surface area contributed by atoms with Gasteiger partial charge in [-0.15, -0.1) is 0 Å². The Hall–Kier alpha value is -2.99. The summed E-state index contributed by atoms with van der Waals surface area (Å²) in [6.45, 7) is 1.82. The first-order valence-corrected chi connectivity index (χ1v) is 9.20. The van der Waals surface area contributed by atoms with Gasteiger partial charge in [0.05, 0.1) is 11.8 Å². The van der Waals surface area contributed by atoms with Gasteiger partial charge >= 0.3 is 0 Å². The van der Waals surface area contributed by atoms with Gasteiger partial charge in [-0.3, -0.25) is 9.78 Å². The molecule has 0 aliphatic carbocycles. The fourth-order valence-corrected chi connectivity index (χ4v) is 3.29. The number of nitrogens with zero attached hydrogens (tertiary/aromatic N) is 4. The molecule has 3 heterocycles. The summed E-state index contributed by atoms with van der Waals surface area (Å²) < 4.78 is 7.47. The highest BCUT2D eigenvalue weighted by Crippen LogP contribution is 2.17. The Labute approximate surface area is 158 Å². The Balaban J connectivity index is 1.55. The van der Waals surface area contributed by atoms with Gasteiger partial charge in [-0.2, -0.15) is 5.10 Å². The van der Waals surface area contributed by atoms with E-state index in [1.807, 2.05) is 53.6 Å². The van der Waals surface area contributed by atoms with Gasteiger partial charge in [0.2, 0.25) is 0 Å². The molecule has 1 atom stereocenters. The monoisotopic (exact) mass is 362 g/mol. The quantitative estimate of drug-likeness (QED) is 0.676. The first-order chi connectivity index (χ1) is 13.3. The van der Waals surface area contributed by atoms with Crippen LogP contribution in [0.2, 0.25) is 0 Å². The first-order valence-electron chi connectivity index (χ1n) is 9.20. The molecule has 1 aromatic carbocycles. The Morgan fingerprint density at radius 1 is 1.19 bits per heavy atom. The smallest absolute Gasteiger partial charge is 0.274 e. The molecular weight excluding hydrogens is 340 g/mol. The third kappa shape index (κ3) is 4.23. The van der Waals surface area contributed by atoms with Crippen molar-refractivity contribution in [3.63, 3.8) is 0 Å². The molecule has 1 unspecified atom stereocenters. The van der Waals surface area contributed by atoms with E-state index in [4.69, 9.17) is 4.74 Å². The van der Waals surface area contributed by atoms with E-state index in [9.17, 15) is 4.79 Å². The summed E-state index contributed by atoms with van der Waals surface area (Å²) >= 11 is 0. The van der Waals surface area contributed by atoms with Crippen molar-refractivity contribution in [2.45, 2.75) is 25.5 Å². The zero-order chi connectivity index (χ0) is 18.5. The van der Waals surface area contributed by atoms with Crippen molar-refractivity contribution >= 4 is 5.91 Å². The molecule has 2 aromatic heterocycles. The van der Waals surface area contributed by atoms with Gasteiger partial charge in [0.1, 0.15) is 0 Å². The van der Waals surface area contributed by atoms with E-state index in [0.29, 0.717) is 18.8 Å². The van der Waals surface area contributed by atoms with Gasteiger partial charge < -0.3 is 9.64 Å². The number of carbonyl (C=O) groups is 1. The number of rotatable bonds is 6. The van der Waals surface area contributed by atoms with E-state index in [0.717, 1.165) is 30.7 Å². The summed E-state index contributed by atoms with van der Waals surface area (Å²) in [4.78, 5) is 19.1. The Bertz CT molecular complexity index is 873. The second kappa shape index (κ2) is 8.14. The van der Waals surface area contributed by atoms with Crippen LogP contribution in [-0.2, 0) is 11.3 Å². The van der Waals surface area contributed by atoms with Crippen molar-refractivity contribution in [1.29, 1.82) is 0 Å². The van der Waals surface area contributed by atoms with Crippen LogP contribution in [0.5, 0.6) is 0 Å². The number of aromatic nitrogens is 3. The topological polar surface area (TPSA) is 60.2 Å². The predicted molar refractivity (Wildman–Crippen MR) is 102 cm³/mol. The molecule has 0 spiro atoms. The average Bonchev–Trinajstić information content (AvgIpc) is 3.41. The maximum atomic E-state index is 13.2. The lowest BCUT2D eigenvalue weighted by Crippen LogP contribution is -2.37. The summed E-state index contributed by atoms with van der Waals surface area (Å²) in [6, 6.07) is 15.4. The largest absolute Gasteiger partial charge is 0.376 e. The summed E-state index contributed by atoms with van der Waals surface area (Å²) in [7, 11) is 0. The fraction of sp³-hybridized carbons (Fsp3) is 0.286. The van der Waals surface area contributed by atoms with E-state index in [1.165, 1.54) is 0 Å². The van der Waals surface area contributed by atoms with E-state index in [1.54, 1.807) is 23.1 Å². The Morgan fingerprint density at radius 2 is 2.07 bits per heavy atom. The van der Waals surface area contributed by atoms with E-state index < -0.39 is 0 Å². The van der Waals surface area contributed by atoms with Gasteiger partial charge in [0.15, 0.2) is 5.69 Å². The number of pyridine rings is 1. The molecule has 1 saturated heterocycles. The minimum Gasteiger partial charge on any atom is -0.376 e. The number of hydrogen-bond donors (Lipinski definition) is 0. The summed E-state index contributed by atoms with van der Waals surface area (Å²) in [6.07, 6.45) is 7.45. The summed E-state index contributed by atoms with van der Waals surface area (Å²) in [5.41, 5.74) is 2.35. The van der Waals surface area contributed by atoms with Crippen LogP contribution in [0.25, 0.3) is 5.69 Å². The number of benzene rings is 1. The lowest BCUT2D eigenvalue weighted by Gasteiger charge is -2.24. The molecule has 4 rings (SSSR count). The maximum absolute atomic E-state index is 13.2. The van der Waals surface area contributed by atoms with Crippen molar-refractivity contribution in [3.8, 4) is 5.69 Å². The lowest BCUT2D eigenvalue weighted by molar-refractivity contribution is 0.0502. The maximum Gasteiger partial charge on any atom is 0.274 e. The van der Waals surface area contributed by atoms with Crippen LogP contribution < -0.4 is 0 Å². The highest BCUT2D eigenvalue weighted by Gasteiger charge is 2.25. The molecule has 0 radical (unpaired) electrons. The summed E-state index contributed by atoms with van der Waals surface area (Å²) in [5.74, 6) is -0.0935. The highest BCUT2D eigenvalue weighted by molar-refractivity contribution is 5.92. The molecule has 6 heteroatoms. The predicted octanol–water partition coefficient (Wildman–Crippen LogP) is 3.09. The summed E-state index contributed by atoms with van der Waals surface area (Å²) in [5, 5.41) is 4.49. The highest BCUT2D eigenvalue weighted by atomic mass is 16.5. The second-order valence-corrected chi connectivity index (χ2v) is 6.66. The minimum atomic E-state index is -0.0935. The van der Waals surface area contributed by atoms with Gasteiger partial charge in [-0.05, 0) is 42.7 Å². The van der Waals surface area contributed by atoms with Crippen LogP contribution in [0.4, 0.5) is 0 Å². The van der Waals surface area contributed by atoms with Crippen LogP contribution >= 0.6 is 0 Å². The first kappa shape index (κ1) is 17.4. The molecule has 1 aliphatic rings. The number of para-hydroxylation sites is 1. The number of ether oxygens (including phenoxy) is 1. The van der Waals surface area contributed by atoms with Crippen LogP contribution in [0.1, 0.15) is 28.9 Å².